The molecule has 2 aromatic carbocycles. The Balaban J connectivity index is 1.94. The molecule has 1 aliphatic heterocycles. The maximum atomic E-state index is 10.4. The Bertz CT molecular complexity index is 628. The number of aliphatic hydroxyl groups is 1. The van der Waals surface area contributed by atoms with Gasteiger partial charge in [0.05, 0.1) is 11.6 Å². The highest BCUT2D eigenvalue weighted by Gasteiger charge is 2.17. The van der Waals surface area contributed by atoms with Gasteiger partial charge in [-0.1, -0.05) is 23.7 Å². The molecule has 1 aliphatic rings. The lowest BCUT2D eigenvalue weighted by Crippen LogP contribution is -2.00. The molecule has 0 aliphatic carbocycles. The molecule has 0 spiro atoms. The number of benzene rings is 2. The van der Waals surface area contributed by atoms with Crippen LogP contribution in [0.4, 0.5) is 0 Å². The topological polar surface area (TPSA) is 29.5 Å². The molecule has 1 N–H and O–H groups in total. The Morgan fingerprint density at radius 2 is 1.89 bits per heavy atom. The zero-order chi connectivity index (χ0) is 13.4. The monoisotopic (exact) mass is 338 g/mol. The molecule has 4 heteroatoms. The molecule has 0 amide bonds. The Morgan fingerprint density at radius 3 is 2.68 bits per heavy atom. The molecule has 0 aromatic heterocycles. The van der Waals surface area contributed by atoms with Gasteiger partial charge in [-0.15, -0.1) is 0 Å². The molecule has 0 fully saturated rings. The predicted molar refractivity (Wildman–Crippen MR) is 78.9 cm³/mol. The van der Waals surface area contributed by atoms with Crippen LogP contribution < -0.4 is 4.74 Å². The van der Waals surface area contributed by atoms with Crippen molar-refractivity contribution < 1.29 is 9.84 Å². The average Bonchev–Trinajstić information content (AvgIpc) is 2.88. The van der Waals surface area contributed by atoms with Crippen LogP contribution in [0.15, 0.2) is 40.9 Å². The molecule has 19 heavy (non-hydrogen) atoms. The first-order valence-electron chi connectivity index (χ1n) is 6.04. The molecule has 2 nitrogen and oxygen atoms in total. The second-order valence-corrected chi connectivity index (χ2v) is 5.80. The first-order valence-corrected chi connectivity index (χ1v) is 7.21. The third-order valence-electron chi connectivity index (χ3n) is 3.29. The summed E-state index contributed by atoms with van der Waals surface area (Å²) in [6.07, 6.45) is 0.230. The van der Waals surface area contributed by atoms with E-state index in [4.69, 9.17) is 16.3 Å². The van der Waals surface area contributed by atoms with Crippen molar-refractivity contribution in [3.63, 3.8) is 0 Å². The maximum absolute atomic E-state index is 10.4. The van der Waals surface area contributed by atoms with Gasteiger partial charge in [0.15, 0.2) is 0 Å². The standard InChI is InChI=1S/C15H12BrClO2/c16-12-3-1-11(8-13(12)17)15(18)10-2-4-14-9(7-10)5-6-19-14/h1-4,7-8,15,18H,5-6H2. The van der Waals surface area contributed by atoms with Crippen molar-refractivity contribution in [3.05, 3.63) is 62.6 Å². The minimum absolute atomic E-state index is 0.598. The summed E-state index contributed by atoms with van der Waals surface area (Å²) in [7, 11) is 0. The number of fused-ring (bicyclic) bond motifs is 1. The molecule has 0 radical (unpaired) electrons. The van der Waals surface area contributed by atoms with E-state index in [9.17, 15) is 5.11 Å². The van der Waals surface area contributed by atoms with Crippen molar-refractivity contribution in [3.8, 4) is 5.75 Å². The van der Waals surface area contributed by atoms with E-state index in [1.54, 1.807) is 6.07 Å². The minimum atomic E-state index is -0.670. The molecule has 98 valence electrons. The number of aliphatic hydroxyl groups excluding tert-OH is 1. The molecule has 0 saturated heterocycles. The summed E-state index contributed by atoms with van der Waals surface area (Å²) in [5.74, 6) is 0.921. The Kier molecular flexibility index (Phi) is 3.52. The van der Waals surface area contributed by atoms with Crippen LogP contribution in [0.5, 0.6) is 5.75 Å². The summed E-state index contributed by atoms with van der Waals surface area (Å²) in [5.41, 5.74) is 2.80. The van der Waals surface area contributed by atoms with Gasteiger partial charge in [-0.25, -0.2) is 0 Å². The summed E-state index contributed by atoms with van der Waals surface area (Å²) in [5, 5.41) is 11.0. The lowest BCUT2D eigenvalue weighted by molar-refractivity contribution is 0.220. The van der Waals surface area contributed by atoms with Crippen molar-refractivity contribution in [1.29, 1.82) is 0 Å². The Labute approximate surface area is 125 Å². The molecule has 1 unspecified atom stereocenters. The minimum Gasteiger partial charge on any atom is -0.493 e. The summed E-state index contributed by atoms with van der Waals surface area (Å²) in [6.45, 7) is 0.721. The van der Waals surface area contributed by atoms with Gasteiger partial charge in [-0.3, -0.25) is 0 Å². The predicted octanol–water partition coefficient (Wildman–Crippen LogP) is 4.12. The highest BCUT2D eigenvalue weighted by atomic mass is 79.9. The van der Waals surface area contributed by atoms with Crippen LogP contribution in [0.25, 0.3) is 0 Å². The van der Waals surface area contributed by atoms with Crippen LogP contribution in [0.2, 0.25) is 5.02 Å². The molecule has 1 atom stereocenters. The smallest absolute Gasteiger partial charge is 0.122 e. The summed E-state index contributed by atoms with van der Waals surface area (Å²) < 4.78 is 6.29. The highest BCUT2D eigenvalue weighted by Crippen LogP contribution is 2.32. The van der Waals surface area contributed by atoms with Gasteiger partial charge in [0.1, 0.15) is 11.9 Å². The van der Waals surface area contributed by atoms with Crippen LogP contribution in [0, 0.1) is 0 Å². The van der Waals surface area contributed by atoms with Crippen molar-refractivity contribution in [2.75, 3.05) is 6.61 Å². The van der Waals surface area contributed by atoms with Crippen molar-refractivity contribution in [2.45, 2.75) is 12.5 Å². The van der Waals surface area contributed by atoms with E-state index < -0.39 is 6.10 Å². The van der Waals surface area contributed by atoms with E-state index in [1.807, 2.05) is 30.3 Å². The number of rotatable bonds is 2. The molecule has 3 rings (SSSR count). The number of ether oxygens (including phenoxy) is 1. The van der Waals surface area contributed by atoms with Gasteiger partial charge in [-0.2, -0.15) is 0 Å². The molecule has 2 aromatic rings. The Hall–Kier alpha value is -1.03. The van der Waals surface area contributed by atoms with E-state index in [1.165, 1.54) is 0 Å². The lowest BCUT2D eigenvalue weighted by atomic mass is 9.99. The summed E-state index contributed by atoms with van der Waals surface area (Å²) in [4.78, 5) is 0. The first kappa shape index (κ1) is 13.0. The van der Waals surface area contributed by atoms with Crippen LogP contribution in [-0.2, 0) is 6.42 Å². The Morgan fingerprint density at radius 1 is 1.16 bits per heavy atom. The first-order chi connectivity index (χ1) is 9.15. The average molecular weight is 340 g/mol. The molecule has 1 heterocycles. The fourth-order valence-corrected chi connectivity index (χ4v) is 2.69. The lowest BCUT2D eigenvalue weighted by Gasteiger charge is -2.13. The van der Waals surface area contributed by atoms with Gasteiger partial charge >= 0.3 is 0 Å². The van der Waals surface area contributed by atoms with E-state index in [0.717, 1.165) is 39.9 Å². The third-order valence-corrected chi connectivity index (χ3v) is 4.52. The van der Waals surface area contributed by atoms with E-state index in [-0.39, 0.29) is 0 Å². The fourth-order valence-electron chi connectivity index (χ4n) is 2.25. The normalized spacial score (nSPS) is 14.9. The van der Waals surface area contributed by atoms with Gasteiger partial charge in [0.2, 0.25) is 0 Å². The van der Waals surface area contributed by atoms with Crippen LogP contribution in [0.3, 0.4) is 0 Å². The SMILES string of the molecule is OC(c1ccc(Br)c(Cl)c1)c1ccc2c(c1)CCO2. The van der Waals surface area contributed by atoms with Gasteiger partial charge in [-0.05, 0) is 56.9 Å². The zero-order valence-corrected chi connectivity index (χ0v) is 12.4. The fraction of sp³-hybridized carbons (Fsp3) is 0.200. The van der Waals surface area contributed by atoms with Crippen molar-refractivity contribution >= 4 is 27.5 Å². The van der Waals surface area contributed by atoms with Gasteiger partial charge < -0.3 is 9.84 Å². The molecule has 0 saturated carbocycles. The van der Waals surface area contributed by atoms with Gasteiger partial charge in [0, 0.05) is 10.9 Å². The number of halogens is 2. The van der Waals surface area contributed by atoms with Crippen LogP contribution in [0.1, 0.15) is 22.8 Å². The quantitative estimate of drug-likeness (QED) is 0.892. The summed E-state index contributed by atoms with van der Waals surface area (Å²) in [6, 6.07) is 11.3. The summed E-state index contributed by atoms with van der Waals surface area (Å²) >= 11 is 9.41. The van der Waals surface area contributed by atoms with E-state index in [0.29, 0.717) is 5.02 Å². The second kappa shape index (κ2) is 5.16. The molecular weight excluding hydrogens is 328 g/mol. The second-order valence-electron chi connectivity index (χ2n) is 4.54. The van der Waals surface area contributed by atoms with Crippen molar-refractivity contribution in [1.82, 2.24) is 0 Å². The zero-order valence-electron chi connectivity index (χ0n) is 10.1. The molecule has 0 bridgehead atoms. The van der Waals surface area contributed by atoms with Crippen molar-refractivity contribution in [2.24, 2.45) is 0 Å². The van der Waals surface area contributed by atoms with Crippen LogP contribution >= 0.6 is 27.5 Å². The number of hydrogen-bond donors (Lipinski definition) is 1. The highest BCUT2D eigenvalue weighted by molar-refractivity contribution is 9.10. The largest absolute Gasteiger partial charge is 0.493 e. The van der Waals surface area contributed by atoms with Crippen LogP contribution in [-0.4, -0.2) is 11.7 Å². The van der Waals surface area contributed by atoms with E-state index in [2.05, 4.69) is 15.9 Å². The maximum Gasteiger partial charge on any atom is 0.122 e. The third kappa shape index (κ3) is 2.50. The molecular formula is C15H12BrClO2. The van der Waals surface area contributed by atoms with Gasteiger partial charge in [0.25, 0.3) is 0 Å². The van der Waals surface area contributed by atoms with E-state index >= 15 is 0 Å². The number of hydrogen-bond acceptors (Lipinski definition) is 2.